The van der Waals surface area contributed by atoms with E-state index in [4.69, 9.17) is 0 Å². The predicted octanol–water partition coefficient (Wildman–Crippen LogP) is 3.99. The number of hydrogen-bond acceptors (Lipinski definition) is 2. The first-order valence-corrected chi connectivity index (χ1v) is 7.43. The molecule has 0 unspecified atom stereocenters. The first-order valence-electron chi connectivity index (χ1n) is 7.43. The molecule has 2 aromatic heterocycles. The van der Waals surface area contributed by atoms with Crippen molar-refractivity contribution in [3.63, 3.8) is 0 Å². The molecule has 1 N–H and O–H groups in total. The Morgan fingerprint density at radius 3 is 2.70 bits per heavy atom. The number of imidazole rings is 1. The third kappa shape index (κ3) is 3.16. The summed E-state index contributed by atoms with van der Waals surface area (Å²) in [5, 5.41) is 3.97. The maximum Gasteiger partial charge on any atom is 0.333 e. The quantitative estimate of drug-likeness (QED) is 0.773. The first kappa shape index (κ1) is 15.4. The summed E-state index contributed by atoms with van der Waals surface area (Å²) >= 11 is 0. The second-order valence-electron chi connectivity index (χ2n) is 5.62. The molecule has 0 fully saturated rings. The number of alkyl halides is 2. The van der Waals surface area contributed by atoms with Gasteiger partial charge in [0.15, 0.2) is 0 Å². The Hall–Kier alpha value is -2.50. The second kappa shape index (κ2) is 6.32. The minimum absolute atomic E-state index is 0.00146. The number of aromatic nitrogens is 4. The SMILES string of the molecule is Cc1cccc([C@@H](Cc2ccn(C(F)F)n2)c2cnc[nH]2)c1C. The molecule has 1 aromatic carbocycles. The Bertz CT molecular complexity index is 778. The van der Waals surface area contributed by atoms with Crippen LogP contribution in [0.3, 0.4) is 0 Å². The van der Waals surface area contributed by atoms with Crippen LogP contribution >= 0.6 is 0 Å². The molecular formula is C17H18F2N4. The topological polar surface area (TPSA) is 46.5 Å². The molecule has 3 rings (SSSR count). The smallest absolute Gasteiger partial charge is 0.333 e. The zero-order valence-corrected chi connectivity index (χ0v) is 13.0. The number of halogens is 2. The van der Waals surface area contributed by atoms with Gasteiger partial charge in [0.05, 0.1) is 12.0 Å². The zero-order chi connectivity index (χ0) is 16.4. The fraction of sp³-hybridized carbons (Fsp3) is 0.294. The summed E-state index contributed by atoms with van der Waals surface area (Å²) in [6.07, 6.45) is 5.25. The molecule has 0 aliphatic heterocycles. The van der Waals surface area contributed by atoms with Crippen molar-refractivity contribution in [2.75, 3.05) is 0 Å². The van der Waals surface area contributed by atoms with Crippen LogP contribution in [0.25, 0.3) is 0 Å². The number of hydrogen-bond donors (Lipinski definition) is 1. The molecule has 120 valence electrons. The molecule has 0 saturated carbocycles. The summed E-state index contributed by atoms with van der Waals surface area (Å²) in [5.41, 5.74) is 5.13. The number of aryl methyl sites for hydroxylation is 1. The van der Waals surface area contributed by atoms with Crippen molar-refractivity contribution in [2.24, 2.45) is 0 Å². The van der Waals surface area contributed by atoms with Gasteiger partial charge in [-0.25, -0.2) is 9.67 Å². The van der Waals surface area contributed by atoms with Crippen molar-refractivity contribution in [1.29, 1.82) is 0 Å². The fourth-order valence-electron chi connectivity index (χ4n) is 2.80. The van der Waals surface area contributed by atoms with E-state index in [0.717, 1.165) is 11.3 Å². The van der Waals surface area contributed by atoms with E-state index in [1.165, 1.54) is 17.3 Å². The highest BCUT2D eigenvalue weighted by molar-refractivity contribution is 5.40. The van der Waals surface area contributed by atoms with Crippen LogP contribution in [0.15, 0.2) is 43.0 Å². The van der Waals surface area contributed by atoms with Gasteiger partial charge in [0.2, 0.25) is 0 Å². The molecule has 0 radical (unpaired) electrons. The van der Waals surface area contributed by atoms with Crippen molar-refractivity contribution in [3.05, 3.63) is 71.1 Å². The molecule has 0 aliphatic carbocycles. The molecule has 0 amide bonds. The third-order valence-electron chi connectivity index (χ3n) is 4.19. The lowest BCUT2D eigenvalue weighted by Crippen LogP contribution is -2.09. The lowest BCUT2D eigenvalue weighted by Gasteiger charge is -2.18. The standard InChI is InChI=1S/C17H18F2N4/c1-11-4-3-5-14(12(11)2)15(16-9-20-10-21-16)8-13-6-7-23(22-13)17(18)19/h3-7,9-10,15,17H,8H2,1-2H3,(H,20,21)/t15-/m1/s1. The van der Waals surface area contributed by atoms with Crippen LogP contribution in [0.2, 0.25) is 0 Å². The molecule has 4 nitrogen and oxygen atoms in total. The molecule has 1 atom stereocenters. The third-order valence-corrected chi connectivity index (χ3v) is 4.19. The molecule has 23 heavy (non-hydrogen) atoms. The van der Waals surface area contributed by atoms with E-state index in [1.54, 1.807) is 18.6 Å². The van der Waals surface area contributed by atoms with E-state index in [-0.39, 0.29) is 5.92 Å². The maximum atomic E-state index is 12.7. The normalized spacial score (nSPS) is 12.7. The van der Waals surface area contributed by atoms with E-state index in [9.17, 15) is 8.78 Å². The lowest BCUT2D eigenvalue weighted by atomic mass is 9.87. The van der Waals surface area contributed by atoms with Crippen molar-refractivity contribution < 1.29 is 8.78 Å². The van der Waals surface area contributed by atoms with Crippen molar-refractivity contribution in [3.8, 4) is 0 Å². The largest absolute Gasteiger partial charge is 0.348 e. The molecular weight excluding hydrogens is 298 g/mol. The van der Waals surface area contributed by atoms with Crippen LogP contribution in [-0.4, -0.2) is 19.7 Å². The van der Waals surface area contributed by atoms with Gasteiger partial charge in [0.25, 0.3) is 0 Å². The second-order valence-corrected chi connectivity index (χ2v) is 5.62. The van der Waals surface area contributed by atoms with Gasteiger partial charge in [-0.3, -0.25) is 0 Å². The summed E-state index contributed by atoms with van der Waals surface area (Å²) in [6.45, 7) is 1.52. The highest BCUT2D eigenvalue weighted by Crippen LogP contribution is 2.30. The molecule has 0 saturated heterocycles. The summed E-state index contributed by atoms with van der Waals surface area (Å²) in [6, 6.07) is 7.78. The Kier molecular flexibility index (Phi) is 4.23. The van der Waals surface area contributed by atoms with E-state index in [0.29, 0.717) is 16.8 Å². The fourth-order valence-corrected chi connectivity index (χ4v) is 2.80. The molecule has 6 heteroatoms. The molecule has 0 aliphatic rings. The minimum atomic E-state index is -2.62. The van der Waals surface area contributed by atoms with Crippen molar-refractivity contribution in [1.82, 2.24) is 19.7 Å². The maximum absolute atomic E-state index is 12.7. The zero-order valence-electron chi connectivity index (χ0n) is 13.0. The van der Waals surface area contributed by atoms with Crippen LogP contribution in [0.4, 0.5) is 8.78 Å². The summed E-state index contributed by atoms with van der Waals surface area (Å²) in [5.74, 6) is -0.00146. The van der Waals surface area contributed by atoms with E-state index < -0.39 is 6.55 Å². The summed E-state index contributed by atoms with van der Waals surface area (Å²) in [4.78, 5) is 7.23. The number of aromatic amines is 1. The van der Waals surface area contributed by atoms with E-state index in [2.05, 4.69) is 41.0 Å². The van der Waals surface area contributed by atoms with Gasteiger partial charge in [-0.2, -0.15) is 13.9 Å². The summed E-state index contributed by atoms with van der Waals surface area (Å²) in [7, 11) is 0. The van der Waals surface area contributed by atoms with Gasteiger partial charge in [0.1, 0.15) is 0 Å². The number of nitrogens with one attached hydrogen (secondary N) is 1. The van der Waals surface area contributed by atoms with E-state index in [1.807, 2.05) is 6.07 Å². The Labute approximate surface area is 133 Å². The van der Waals surface area contributed by atoms with Crippen LogP contribution in [0, 0.1) is 13.8 Å². The van der Waals surface area contributed by atoms with Crippen molar-refractivity contribution >= 4 is 0 Å². The van der Waals surface area contributed by atoms with Gasteiger partial charge in [-0.1, -0.05) is 18.2 Å². The lowest BCUT2D eigenvalue weighted by molar-refractivity contribution is 0.0561. The number of nitrogens with zero attached hydrogens (tertiary/aromatic N) is 3. The Balaban J connectivity index is 1.98. The average molecular weight is 316 g/mol. The van der Waals surface area contributed by atoms with Gasteiger partial charge in [-0.15, -0.1) is 0 Å². The Morgan fingerprint density at radius 2 is 2.04 bits per heavy atom. The number of rotatable bonds is 5. The van der Waals surface area contributed by atoms with E-state index >= 15 is 0 Å². The summed E-state index contributed by atoms with van der Waals surface area (Å²) < 4.78 is 26.1. The van der Waals surface area contributed by atoms with Crippen molar-refractivity contribution in [2.45, 2.75) is 32.7 Å². The number of benzene rings is 1. The molecule has 0 spiro atoms. The van der Waals surface area contributed by atoms with Crippen LogP contribution in [0.1, 0.15) is 40.5 Å². The van der Waals surface area contributed by atoms with Gasteiger partial charge in [0, 0.05) is 30.4 Å². The molecule has 2 heterocycles. The van der Waals surface area contributed by atoms with Gasteiger partial charge < -0.3 is 4.98 Å². The van der Waals surface area contributed by atoms with Crippen LogP contribution < -0.4 is 0 Å². The average Bonchev–Trinajstić information content (AvgIpc) is 3.19. The predicted molar refractivity (Wildman–Crippen MR) is 83.5 cm³/mol. The monoisotopic (exact) mass is 316 g/mol. The minimum Gasteiger partial charge on any atom is -0.348 e. The van der Waals surface area contributed by atoms with Crippen LogP contribution in [0.5, 0.6) is 0 Å². The highest BCUT2D eigenvalue weighted by atomic mass is 19.3. The Morgan fingerprint density at radius 1 is 1.22 bits per heavy atom. The first-order chi connectivity index (χ1) is 11.1. The number of H-pyrrole nitrogens is 1. The van der Waals surface area contributed by atoms with Gasteiger partial charge >= 0.3 is 6.55 Å². The van der Waals surface area contributed by atoms with Gasteiger partial charge in [-0.05, 0) is 36.6 Å². The molecule has 3 aromatic rings. The van der Waals surface area contributed by atoms with Crippen LogP contribution in [-0.2, 0) is 6.42 Å². The highest BCUT2D eigenvalue weighted by Gasteiger charge is 2.20. The molecule has 0 bridgehead atoms.